The predicted molar refractivity (Wildman–Crippen MR) is 235 cm³/mol. The summed E-state index contributed by atoms with van der Waals surface area (Å²) >= 11 is 12.1. The molecule has 0 aromatic carbocycles. The first-order valence-electron chi connectivity index (χ1n) is 20.4. The molecule has 0 amide bonds. The van der Waals surface area contributed by atoms with E-state index in [-0.39, 0.29) is 42.8 Å². The molecule has 1 N–H and O–H groups in total. The zero-order valence-corrected chi connectivity index (χ0v) is 34.8. The number of nitrogens with zero attached hydrogens (tertiary/aromatic N) is 12. The Morgan fingerprint density at radius 2 is 1.13 bits per heavy atom. The van der Waals surface area contributed by atoms with Gasteiger partial charge in [0.25, 0.3) is 0 Å². The van der Waals surface area contributed by atoms with Gasteiger partial charge in [0.05, 0.1) is 64.7 Å². The second-order valence-electron chi connectivity index (χ2n) is 15.8. The van der Waals surface area contributed by atoms with E-state index in [0.717, 1.165) is 71.0 Å². The minimum absolute atomic E-state index is 0. The van der Waals surface area contributed by atoms with E-state index in [0.29, 0.717) is 72.9 Å². The van der Waals surface area contributed by atoms with Crippen molar-refractivity contribution in [2.45, 2.75) is 117 Å². The Hall–Kier alpha value is -5.71. The molecule has 16 nitrogen and oxygen atoms in total. The third kappa shape index (κ3) is 8.48. The lowest BCUT2D eigenvalue weighted by Gasteiger charge is -2.11. The van der Waals surface area contributed by atoms with Crippen LogP contribution in [-0.4, -0.2) is 74.3 Å². The van der Waals surface area contributed by atoms with Gasteiger partial charge in [-0.15, -0.1) is 0 Å². The normalized spacial score (nSPS) is 14.4. The van der Waals surface area contributed by atoms with Crippen molar-refractivity contribution in [1.29, 1.82) is 0 Å². The summed E-state index contributed by atoms with van der Waals surface area (Å²) in [4.78, 5) is 64.4. The van der Waals surface area contributed by atoms with Crippen molar-refractivity contribution in [2.24, 2.45) is 0 Å². The highest BCUT2D eigenvalue weighted by molar-refractivity contribution is 6.30. The summed E-state index contributed by atoms with van der Waals surface area (Å²) in [7, 11) is 0. The molecule has 0 spiro atoms. The Balaban J connectivity index is 0.000000166. The number of pyridine rings is 4. The maximum Gasteiger partial charge on any atom is 0.329 e. The van der Waals surface area contributed by atoms with Gasteiger partial charge in [-0.2, -0.15) is 0 Å². The lowest BCUT2D eigenvalue weighted by atomic mass is 10.2. The van der Waals surface area contributed by atoms with Gasteiger partial charge in [-0.25, -0.2) is 29.5 Å². The fraction of sp³-hybridized carbons (Fsp3) is 0.419. The van der Waals surface area contributed by atoms with Gasteiger partial charge in [0.2, 0.25) is 0 Å². The quantitative estimate of drug-likeness (QED) is 0.111. The Morgan fingerprint density at radius 1 is 0.672 bits per heavy atom. The summed E-state index contributed by atoms with van der Waals surface area (Å²) in [5.41, 5.74) is 6.15. The largest absolute Gasteiger partial charge is 0.393 e. The summed E-state index contributed by atoms with van der Waals surface area (Å²) in [6, 6.07) is 11.6. The molecule has 2 fully saturated rings. The van der Waals surface area contributed by atoms with Gasteiger partial charge >= 0.3 is 11.4 Å². The highest BCUT2D eigenvalue weighted by atomic mass is 35.5. The van der Waals surface area contributed by atoms with Crippen molar-refractivity contribution in [3.63, 3.8) is 0 Å². The van der Waals surface area contributed by atoms with Crippen LogP contribution in [0.5, 0.6) is 0 Å². The molecule has 2 aliphatic rings. The van der Waals surface area contributed by atoms with Crippen LogP contribution in [0.25, 0.3) is 44.4 Å². The van der Waals surface area contributed by atoms with Crippen molar-refractivity contribution in [2.75, 3.05) is 0 Å². The van der Waals surface area contributed by atoms with Crippen molar-refractivity contribution < 1.29 is 9.90 Å². The smallest absolute Gasteiger partial charge is 0.329 e. The number of aliphatic hydroxyl groups excluding tert-OH is 1. The molecule has 0 bridgehead atoms. The minimum Gasteiger partial charge on any atom is -0.393 e. The second-order valence-corrected chi connectivity index (χ2v) is 16.6. The fourth-order valence-electron chi connectivity index (χ4n) is 8.05. The number of rotatable bonds is 14. The van der Waals surface area contributed by atoms with E-state index < -0.39 is 0 Å². The molecule has 10 rings (SSSR count). The SMILES string of the molecule is C.CC(=O)CCCn1c(Cn2c(=O)n(C3CC3)c3ccncc32)nc2nc(Cl)ccc21.CC(O)CCCn1c(Cn2c(=O)n(C3CC3)c3ccncc32)nc2nc(Cl)ccc21. The Bertz CT molecular complexity index is 3020. The first-order valence-corrected chi connectivity index (χ1v) is 21.1. The molecule has 0 saturated heterocycles. The number of aryl methyl sites for hydroxylation is 2. The fourth-order valence-corrected chi connectivity index (χ4v) is 8.34. The molecule has 2 saturated carbocycles. The number of halogens is 2. The Labute approximate surface area is 360 Å². The van der Waals surface area contributed by atoms with Gasteiger partial charge in [0, 0.05) is 44.0 Å². The van der Waals surface area contributed by atoms with Crippen LogP contribution in [0.15, 0.2) is 70.8 Å². The van der Waals surface area contributed by atoms with Crippen LogP contribution < -0.4 is 11.4 Å². The van der Waals surface area contributed by atoms with Gasteiger partial charge in [-0.1, -0.05) is 30.6 Å². The average molecular weight is 868 g/mol. The summed E-state index contributed by atoms with van der Waals surface area (Å²) in [6.45, 7) is 5.29. The standard InChI is InChI=1S/C21H23ClN6O2.C21H21ClN6O2.CH4/c2*1-13(29)3-2-10-26-16-6-7-18(22)24-20(16)25-19(26)12-27-17-11-23-9-8-15(17)28(21(27)30)14-4-5-14;/h6-9,11,13-14,29H,2-5,10,12H2,1H3;6-9,11,14H,2-5,10,12H2,1H3;1H4. The summed E-state index contributed by atoms with van der Waals surface area (Å²) < 4.78 is 11.3. The molecule has 8 heterocycles. The molecule has 0 radical (unpaired) electrons. The second kappa shape index (κ2) is 17.3. The lowest BCUT2D eigenvalue weighted by molar-refractivity contribution is -0.117. The number of ketones is 1. The van der Waals surface area contributed by atoms with E-state index in [1.54, 1.807) is 59.9 Å². The Kier molecular flexibility index (Phi) is 11.9. The van der Waals surface area contributed by atoms with Gasteiger partial charge < -0.3 is 19.0 Å². The van der Waals surface area contributed by atoms with Crippen molar-refractivity contribution in [1.82, 2.24) is 57.3 Å². The van der Waals surface area contributed by atoms with Crippen LogP contribution in [0, 0.1) is 0 Å². The third-order valence-corrected chi connectivity index (χ3v) is 11.6. The number of Topliss-reactive ketones (excluding diaryl/α,β-unsaturated/α-hetero) is 1. The third-order valence-electron chi connectivity index (χ3n) is 11.2. The zero-order valence-electron chi connectivity index (χ0n) is 33.3. The molecule has 8 aromatic heterocycles. The first kappa shape index (κ1) is 42.0. The van der Waals surface area contributed by atoms with E-state index in [1.807, 2.05) is 38.0 Å². The molecule has 1 atom stereocenters. The number of carbonyl (C=O) groups is 1. The van der Waals surface area contributed by atoms with Crippen molar-refractivity contribution in [3.05, 3.63) is 104 Å². The van der Waals surface area contributed by atoms with E-state index in [2.05, 4.69) is 29.5 Å². The molecule has 18 heteroatoms. The summed E-state index contributed by atoms with van der Waals surface area (Å²) in [5, 5.41) is 10.4. The molecule has 318 valence electrons. The number of aromatic nitrogens is 12. The Morgan fingerprint density at radius 3 is 1.56 bits per heavy atom. The maximum atomic E-state index is 13.2. The zero-order chi connectivity index (χ0) is 41.7. The number of imidazole rings is 4. The predicted octanol–water partition coefficient (Wildman–Crippen LogP) is 7.12. The van der Waals surface area contributed by atoms with Crippen molar-refractivity contribution in [3.8, 4) is 0 Å². The molecule has 8 aromatic rings. The van der Waals surface area contributed by atoms with Gasteiger partial charge in [-0.05, 0) is 95.2 Å². The lowest BCUT2D eigenvalue weighted by Crippen LogP contribution is -2.25. The van der Waals surface area contributed by atoms with Crippen LogP contribution in [0.3, 0.4) is 0 Å². The number of hydrogen-bond acceptors (Lipinski definition) is 10. The highest BCUT2D eigenvalue weighted by Crippen LogP contribution is 2.37. The van der Waals surface area contributed by atoms with Crippen molar-refractivity contribution >= 4 is 73.4 Å². The molecule has 1 unspecified atom stereocenters. The van der Waals surface area contributed by atoms with Crippen LogP contribution in [0.1, 0.15) is 96.4 Å². The molecule has 0 aliphatic heterocycles. The van der Waals surface area contributed by atoms with Gasteiger partial charge in [0.15, 0.2) is 11.3 Å². The van der Waals surface area contributed by atoms with Crippen LogP contribution in [0.4, 0.5) is 0 Å². The van der Waals surface area contributed by atoms with Gasteiger partial charge in [-0.3, -0.25) is 28.2 Å². The van der Waals surface area contributed by atoms with Crippen LogP contribution in [-0.2, 0) is 31.0 Å². The molecule has 61 heavy (non-hydrogen) atoms. The number of hydrogen-bond donors (Lipinski definition) is 1. The van der Waals surface area contributed by atoms with E-state index >= 15 is 0 Å². The first-order chi connectivity index (χ1) is 29.0. The average Bonchev–Trinajstić information content (AvgIpc) is 4.14. The van der Waals surface area contributed by atoms with E-state index in [4.69, 9.17) is 28.2 Å². The van der Waals surface area contributed by atoms with E-state index in [1.165, 1.54) is 0 Å². The highest BCUT2D eigenvalue weighted by Gasteiger charge is 2.31. The molecule has 2 aliphatic carbocycles. The van der Waals surface area contributed by atoms with Crippen LogP contribution in [0.2, 0.25) is 10.3 Å². The minimum atomic E-state index is -0.360. The molecular formula is C43H48Cl2N12O4. The number of carbonyl (C=O) groups excluding carboxylic acids is 1. The molecular weight excluding hydrogens is 819 g/mol. The van der Waals surface area contributed by atoms with Gasteiger partial charge in [0.1, 0.15) is 27.7 Å². The summed E-state index contributed by atoms with van der Waals surface area (Å²) in [6.07, 6.45) is 13.3. The van der Waals surface area contributed by atoms with E-state index in [9.17, 15) is 19.5 Å². The number of aliphatic hydroxyl groups is 1. The summed E-state index contributed by atoms with van der Waals surface area (Å²) in [5.74, 6) is 1.60. The number of fused-ring (bicyclic) bond motifs is 4. The maximum absolute atomic E-state index is 13.2. The van der Waals surface area contributed by atoms with Crippen LogP contribution >= 0.6 is 23.2 Å². The topological polar surface area (TPSA) is 178 Å². The monoisotopic (exact) mass is 866 g/mol.